The summed E-state index contributed by atoms with van der Waals surface area (Å²) >= 11 is 0. The molecule has 2 aromatic rings. The van der Waals surface area contributed by atoms with E-state index in [1.165, 1.54) is 43.5 Å². The van der Waals surface area contributed by atoms with E-state index in [1.807, 2.05) is 0 Å². The van der Waals surface area contributed by atoms with E-state index in [0.29, 0.717) is 0 Å². The average Bonchev–Trinajstić information content (AvgIpc) is 2.52. The number of amides is 1. The molecule has 2 aromatic carbocycles. The largest absolute Gasteiger partial charge is 0.496 e. The maximum absolute atomic E-state index is 12.5. The fourth-order valence-corrected chi connectivity index (χ4v) is 3.06. The fraction of sp³-hybridized carbons (Fsp3) is 0.0714. The number of hydrogen-bond acceptors (Lipinski definition) is 6. The number of primary sulfonamides is 1. The number of nitrogens with two attached hydrogens (primary N) is 2. The number of carbonyl (C=O) groups excluding carboxylic acids is 1. The number of methoxy groups -OCH3 is 1. The summed E-state index contributed by atoms with van der Waals surface area (Å²) in [7, 11) is -6.66. The first kappa shape index (κ1) is 19.7. The molecule has 6 N–H and O–H groups in total. The lowest BCUT2D eigenvalue weighted by atomic mass is 10.1. The van der Waals surface area contributed by atoms with Crippen molar-refractivity contribution >= 4 is 37.5 Å². The number of hydrogen-bond donors (Lipinski definition) is 4. The first-order chi connectivity index (χ1) is 12.0. The molecule has 0 radical (unpaired) electrons. The second-order valence-electron chi connectivity index (χ2n) is 5.09. The molecule has 0 unspecified atom stereocenters. The van der Waals surface area contributed by atoms with Gasteiger partial charge < -0.3 is 10.1 Å². The number of ether oxygens (including phenoxy) is 1. The van der Waals surface area contributed by atoms with E-state index < -0.39 is 26.1 Å². The molecule has 0 aliphatic carbocycles. The molecule has 0 aliphatic heterocycles. The zero-order chi connectivity index (χ0) is 19.5. The quantitative estimate of drug-likeness (QED) is 0.540. The van der Waals surface area contributed by atoms with Crippen LogP contribution in [-0.4, -0.2) is 29.9 Å². The Balaban J connectivity index is 2.34. The maximum Gasteiger partial charge on any atom is 0.296 e. The van der Waals surface area contributed by atoms with E-state index in [-0.39, 0.29) is 27.6 Å². The van der Waals surface area contributed by atoms with Crippen LogP contribution in [0.3, 0.4) is 0 Å². The summed E-state index contributed by atoms with van der Waals surface area (Å²) in [6.07, 6.45) is 0. The van der Waals surface area contributed by atoms with Gasteiger partial charge >= 0.3 is 0 Å². The highest BCUT2D eigenvalue weighted by Crippen LogP contribution is 2.24. The number of carbonyl (C=O) groups is 1. The van der Waals surface area contributed by atoms with Crippen molar-refractivity contribution in [3.63, 3.8) is 0 Å². The van der Waals surface area contributed by atoms with Gasteiger partial charge in [-0.25, -0.2) is 18.7 Å². The highest BCUT2D eigenvalue weighted by molar-refractivity contribution is 7.90. The van der Waals surface area contributed by atoms with Gasteiger partial charge in [0, 0.05) is 5.69 Å². The predicted molar refractivity (Wildman–Crippen MR) is 95.5 cm³/mol. The van der Waals surface area contributed by atoms with Crippen LogP contribution < -0.4 is 25.1 Å². The van der Waals surface area contributed by atoms with Crippen LogP contribution in [0.25, 0.3) is 0 Å². The first-order valence-corrected chi connectivity index (χ1v) is 10.0. The SMILES string of the molecule is COc1ccc(S(N)(=O)=O)cc1C(=O)Nc1cccc(NS(N)(=O)=O)c1. The van der Waals surface area contributed by atoms with Gasteiger partial charge in [0.15, 0.2) is 0 Å². The monoisotopic (exact) mass is 400 g/mol. The highest BCUT2D eigenvalue weighted by atomic mass is 32.2. The van der Waals surface area contributed by atoms with Crippen molar-refractivity contribution in [2.45, 2.75) is 4.90 Å². The van der Waals surface area contributed by atoms with Gasteiger partial charge in [0.2, 0.25) is 10.0 Å². The molecule has 0 spiro atoms. The molecule has 26 heavy (non-hydrogen) atoms. The zero-order valence-corrected chi connectivity index (χ0v) is 15.1. The van der Waals surface area contributed by atoms with Crippen LogP contribution in [0.1, 0.15) is 10.4 Å². The summed E-state index contributed by atoms with van der Waals surface area (Å²) < 4.78 is 52.2. The average molecular weight is 400 g/mol. The van der Waals surface area contributed by atoms with Crippen LogP contribution in [-0.2, 0) is 20.2 Å². The molecular formula is C14H16N4O6S2. The lowest BCUT2D eigenvalue weighted by Crippen LogP contribution is -2.21. The van der Waals surface area contributed by atoms with Gasteiger partial charge in [0.1, 0.15) is 5.75 Å². The summed E-state index contributed by atoms with van der Waals surface area (Å²) in [5.41, 5.74) is 0.311. The van der Waals surface area contributed by atoms with Gasteiger partial charge in [-0.05, 0) is 36.4 Å². The summed E-state index contributed by atoms with van der Waals surface area (Å²) in [6, 6.07) is 9.34. The van der Waals surface area contributed by atoms with Crippen molar-refractivity contribution in [3.8, 4) is 5.75 Å². The Hall–Kier alpha value is -2.67. The summed E-state index contributed by atoms with van der Waals surface area (Å²) in [5.74, 6) is -0.547. The summed E-state index contributed by atoms with van der Waals surface area (Å²) in [6.45, 7) is 0. The van der Waals surface area contributed by atoms with Gasteiger partial charge in [-0.15, -0.1) is 0 Å². The number of nitrogens with one attached hydrogen (secondary N) is 2. The molecule has 10 nitrogen and oxygen atoms in total. The second kappa shape index (κ2) is 7.29. The van der Waals surface area contributed by atoms with Gasteiger partial charge in [-0.2, -0.15) is 8.42 Å². The molecule has 0 saturated carbocycles. The Labute approximate surface area is 150 Å². The van der Waals surface area contributed by atoms with Crippen LogP contribution >= 0.6 is 0 Å². The van der Waals surface area contributed by atoms with Gasteiger partial charge in [0.25, 0.3) is 16.1 Å². The van der Waals surface area contributed by atoms with Crippen molar-refractivity contribution in [1.82, 2.24) is 0 Å². The molecule has 0 aliphatic rings. The Morgan fingerprint density at radius 1 is 1.00 bits per heavy atom. The molecule has 0 fully saturated rings. The Morgan fingerprint density at radius 3 is 2.23 bits per heavy atom. The van der Waals surface area contributed by atoms with Crippen molar-refractivity contribution in [2.75, 3.05) is 17.1 Å². The smallest absolute Gasteiger partial charge is 0.296 e. The number of sulfonamides is 1. The Morgan fingerprint density at radius 2 is 1.65 bits per heavy atom. The molecule has 140 valence electrons. The molecule has 2 rings (SSSR count). The van der Waals surface area contributed by atoms with E-state index in [0.717, 1.165) is 6.07 Å². The van der Waals surface area contributed by atoms with E-state index in [4.69, 9.17) is 15.0 Å². The fourth-order valence-electron chi connectivity index (χ4n) is 2.06. The normalized spacial score (nSPS) is 11.7. The van der Waals surface area contributed by atoms with Crippen molar-refractivity contribution in [3.05, 3.63) is 48.0 Å². The predicted octanol–water partition coefficient (Wildman–Crippen LogP) is 0.210. The summed E-state index contributed by atoms with van der Waals surface area (Å²) in [5, 5.41) is 12.5. The molecule has 0 atom stereocenters. The number of benzene rings is 2. The summed E-state index contributed by atoms with van der Waals surface area (Å²) in [4.78, 5) is 12.2. The topological polar surface area (TPSA) is 171 Å². The first-order valence-electron chi connectivity index (χ1n) is 6.92. The molecule has 1 amide bonds. The lowest BCUT2D eigenvalue weighted by molar-refractivity contribution is 0.102. The highest BCUT2D eigenvalue weighted by Gasteiger charge is 2.17. The molecule has 0 aromatic heterocycles. The lowest BCUT2D eigenvalue weighted by Gasteiger charge is -2.11. The van der Waals surface area contributed by atoms with Crippen molar-refractivity contribution in [1.29, 1.82) is 0 Å². The van der Waals surface area contributed by atoms with Crippen LogP contribution in [0.4, 0.5) is 11.4 Å². The standard InChI is InChI=1S/C14H16N4O6S2/c1-24-13-6-5-11(25(15,20)21)8-12(13)14(19)17-9-3-2-4-10(7-9)18-26(16,22)23/h2-8,18H,1H3,(H,17,19)(H2,15,20,21)(H2,16,22,23). The van der Waals surface area contributed by atoms with E-state index in [9.17, 15) is 21.6 Å². The zero-order valence-electron chi connectivity index (χ0n) is 13.5. The van der Waals surface area contributed by atoms with Crippen LogP contribution in [0.2, 0.25) is 0 Å². The Kier molecular flexibility index (Phi) is 5.51. The molecule has 0 saturated heterocycles. The Bertz CT molecular complexity index is 1050. The van der Waals surface area contributed by atoms with Crippen LogP contribution in [0.5, 0.6) is 5.75 Å². The van der Waals surface area contributed by atoms with Gasteiger partial charge in [0.05, 0.1) is 23.3 Å². The minimum Gasteiger partial charge on any atom is -0.496 e. The van der Waals surface area contributed by atoms with E-state index in [1.54, 1.807) is 0 Å². The third-order valence-electron chi connectivity index (χ3n) is 3.12. The third-order valence-corrected chi connectivity index (χ3v) is 4.56. The van der Waals surface area contributed by atoms with Gasteiger partial charge in [-0.3, -0.25) is 9.52 Å². The van der Waals surface area contributed by atoms with Gasteiger partial charge in [-0.1, -0.05) is 6.07 Å². The molecular weight excluding hydrogens is 384 g/mol. The van der Waals surface area contributed by atoms with E-state index >= 15 is 0 Å². The minimum absolute atomic E-state index is 0.0659. The molecule has 12 heteroatoms. The minimum atomic E-state index is -4.01. The molecule has 0 bridgehead atoms. The van der Waals surface area contributed by atoms with Crippen molar-refractivity contribution < 1.29 is 26.4 Å². The number of anilines is 2. The third kappa shape index (κ3) is 5.16. The van der Waals surface area contributed by atoms with Crippen molar-refractivity contribution in [2.24, 2.45) is 10.3 Å². The molecule has 0 heterocycles. The number of rotatable bonds is 6. The maximum atomic E-state index is 12.5. The van der Waals surface area contributed by atoms with Crippen LogP contribution in [0, 0.1) is 0 Å². The second-order valence-corrected chi connectivity index (χ2v) is 7.94. The van der Waals surface area contributed by atoms with Crippen LogP contribution in [0.15, 0.2) is 47.4 Å². The van der Waals surface area contributed by atoms with E-state index in [2.05, 4.69) is 10.0 Å².